The second-order valence-corrected chi connectivity index (χ2v) is 6.29. The minimum atomic E-state index is 0.239. The molecule has 0 aliphatic rings. The largest absolute Gasteiger partial charge is 0.310 e. The van der Waals surface area contributed by atoms with Crippen molar-refractivity contribution in [1.82, 2.24) is 5.32 Å². The van der Waals surface area contributed by atoms with Gasteiger partial charge in [0, 0.05) is 15.5 Å². The summed E-state index contributed by atoms with van der Waals surface area (Å²) in [6.45, 7) is 5.15. The lowest BCUT2D eigenvalue weighted by molar-refractivity contribution is 0.550. The Hall–Kier alpha value is -0.830. The molecule has 1 nitrogen and oxygen atoms in total. The van der Waals surface area contributed by atoms with Crippen molar-refractivity contribution in [1.29, 1.82) is 0 Å². The molecular weight excluding hydrogens is 334 g/mol. The zero-order valence-electron chi connectivity index (χ0n) is 11.8. The molecule has 106 valence electrons. The van der Waals surface area contributed by atoms with E-state index in [1.807, 2.05) is 12.1 Å². The third kappa shape index (κ3) is 4.08. The van der Waals surface area contributed by atoms with Crippen molar-refractivity contribution in [3.05, 3.63) is 68.7 Å². The average Bonchev–Trinajstić information content (AvgIpc) is 2.41. The summed E-state index contributed by atoms with van der Waals surface area (Å²) in [5.74, 6) is 0. The van der Waals surface area contributed by atoms with Gasteiger partial charge in [-0.3, -0.25) is 0 Å². The number of benzene rings is 2. The lowest BCUT2D eigenvalue weighted by Gasteiger charge is -2.20. The van der Waals surface area contributed by atoms with Gasteiger partial charge in [-0.2, -0.15) is 0 Å². The Bertz CT molecular complexity index is 566. The fraction of sp³-hybridized carbons (Fsp3) is 0.294. The molecule has 0 saturated heterocycles. The average molecular weight is 353 g/mol. The molecule has 1 unspecified atom stereocenters. The van der Waals surface area contributed by atoms with Gasteiger partial charge in [-0.05, 0) is 43.1 Å². The smallest absolute Gasteiger partial charge is 0.0465 e. The highest BCUT2D eigenvalue weighted by Crippen LogP contribution is 2.28. The Balaban J connectivity index is 2.24. The van der Waals surface area contributed by atoms with Crippen LogP contribution >= 0.6 is 27.5 Å². The molecule has 2 rings (SSSR count). The summed E-state index contributed by atoms with van der Waals surface area (Å²) in [5, 5.41) is 4.33. The molecule has 3 heteroatoms. The monoisotopic (exact) mass is 351 g/mol. The number of halogens is 2. The van der Waals surface area contributed by atoms with Gasteiger partial charge in [-0.1, -0.05) is 70.3 Å². The molecule has 0 aromatic heterocycles. The Kier molecular flexibility index (Phi) is 5.64. The van der Waals surface area contributed by atoms with Crippen molar-refractivity contribution in [3.8, 4) is 0 Å². The minimum Gasteiger partial charge on any atom is -0.310 e. The van der Waals surface area contributed by atoms with Gasteiger partial charge in [-0.15, -0.1) is 0 Å². The number of hydrogen-bond acceptors (Lipinski definition) is 1. The number of nitrogens with one attached hydrogen (secondary N) is 1. The highest BCUT2D eigenvalue weighted by molar-refractivity contribution is 9.10. The van der Waals surface area contributed by atoms with Crippen molar-refractivity contribution < 1.29 is 0 Å². The Morgan fingerprint density at radius 1 is 1.15 bits per heavy atom. The zero-order chi connectivity index (χ0) is 14.5. The molecule has 0 heterocycles. The number of aryl methyl sites for hydroxylation is 1. The summed E-state index contributed by atoms with van der Waals surface area (Å²) in [7, 11) is 0. The van der Waals surface area contributed by atoms with Gasteiger partial charge in [0.2, 0.25) is 0 Å². The summed E-state index contributed by atoms with van der Waals surface area (Å²) in [6.07, 6.45) is 0.940. The lowest BCUT2D eigenvalue weighted by atomic mass is 9.98. The summed E-state index contributed by atoms with van der Waals surface area (Å²) in [5.41, 5.74) is 3.76. The summed E-state index contributed by atoms with van der Waals surface area (Å²) in [4.78, 5) is 0. The molecule has 0 fully saturated rings. The van der Waals surface area contributed by atoms with E-state index in [9.17, 15) is 0 Å². The van der Waals surface area contributed by atoms with E-state index in [-0.39, 0.29) is 6.04 Å². The molecule has 0 bridgehead atoms. The first-order valence-corrected chi connectivity index (χ1v) is 8.01. The summed E-state index contributed by atoms with van der Waals surface area (Å²) < 4.78 is 1.01. The van der Waals surface area contributed by atoms with E-state index in [1.165, 1.54) is 11.1 Å². The van der Waals surface area contributed by atoms with Gasteiger partial charge in [0.15, 0.2) is 0 Å². The van der Waals surface area contributed by atoms with E-state index in [0.29, 0.717) is 0 Å². The van der Waals surface area contributed by atoms with Crippen molar-refractivity contribution in [2.45, 2.75) is 26.3 Å². The minimum absolute atomic E-state index is 0.239. The fourth-order valence-corrected chi connectivity index (χ4v) is 3.09. The van der Waals surface area contributed by atoms with E-state index >= 15 is 0 Å². The van der Waals surface area contributed by atoms with Gasteiger partial charge in [-0.25, -0.2) is 0 Å². The lowest BCUT2D eigenvalue weighted by Crippen LogP contribution is -2.23. The van der Waals surface area contributed by atoms with E-state index < -0.39 is 0 Å². The van der Waals surface area contributed by atoms with Gasteiger partial charge in [0.25, 0.3) is 0 Å². The summed E-state index contributed by atoms with van der Waals surface area (Å²) >= 11 is 9.84. The zero-order valence-corrected chi connectivity index (χ0v) is 14.1. The van der Waals surface area contributed by atoms with Crippen molar-refractivity contribution >= 4 is 27.5 Å². The third-order valence-corrected chi connectivity index (χ3v) is 4.17. The quantitative estimate of drug-likeness (QED) is 0.769. The summed E-state index contributed by atoms with van der Waals surface area (Å²) in [6, 6.07) is 15.0. The van der Waals surface area contributed by atoms with Crippen LogP contribution in [0.5, 0.6) is 0 Å². The Labute approximate surface area is 134 Å². The van der Waals surface area contributed by atoms with Gasteiger partial charge < -0.3 is 5.32 Å². The van der Waals surface area contributed by atoms with Crippen molar-refractivity contribution in [2.75, 3.05) is 6.54 Å². The SMILES string of the molecule is CCNC(Cc1ccc(C)cc1)c1ccc(Br)cc1Cl. The maximum atomic E-state index is 6.38. The second-order valence-electron chi connectivity index (χ2n) is 4.97. The molecular formula is C17H19BrClN. The molecule has 2 aromatic rings. The normalized spacial score (nSPS) is 12.4. The third-order valence-electron chi connectivity index (χ3n) is 3.35. The van der Waals surface area contributed by atoms with Crippen molar-refractivity contribution in [3.63, 3.8) is 0 Å². The molecule has 1 atom stereocenters. The van der Waals surface area contributed by atoms with E-state index in [2.05, 4.69) is 65.4 Å². The fourth-order valence-electron chi connectivity index (χ4n) is 2.28. The highest BCUT2D eigenvalue weighted by Gasteiger charge is 2.14. The second kappa shape index (κ2) is 7.26. The maximum Gasteiger partial charge on any atom is 0.0465 e. The molecule has 0 aliphatic heterocycles. The van der Waals surface area contributed by atoms with E-state index in [0.717, 1.165) is 28.0 Å². The molecule has 0 amide bonds. The number of likely N-dealkylation sites (N-methyl/N-ethyl adjacent to an activating group) is 1. The standard InChI is InChI=1S/C17H19BrClN/c1-3-20-17(10-13-6-4-12(2)5-7-13)15-9-8-14(18)11-16(15)19/h4-9,11,17,20H,3,10H2,1-2H3. The van der Waals surface area contributed by atoms with Crippen LogP contribution in [-0.2, 0) is 6.42 Å². The van der Waals surface area contributed by atoms with E-state index in [1.54, 1.807) is 0 Å². The molecule has 1 N–H and O–H groups in total. The van der Waals surface area contributed by atoms with Crippen LogP contribution in [0.2, 0.25) is 5.02 Å². The first-order chi connectivity index (χ1) is 9.60. The first-order valence-electron chi connectivity index (χ1n) is 6.84. The Morgan fingerprint density at radius 2 is 1.85 bits per heavy atom. The highest BCUT2D eigenvalue weighted by atomic mass is 79.9. The predicted molar refractivity (Wildman–Crippen MR) is 90.5 cm³/mol. The van der Waals surface area contributed by atoms with Crippen LogP contribution in [0, 0.1) is 6.92 Å². The van der Waals surface area contributed by atoms with E-state index in [4.69, 9.17) is 11.6 Å². The van der Waals surface area contributed by atoms with Crippen LogP contribution in [0.25, 0.3) is 0 Å². The van der Waals surface area contributed by atoms with Crippen LogP contribution in [0.4, 0.5) is 0 Å². The van der Waals surface area contributed by atoms with Crippen LogP contribution < -0.4 is 5.32 Å². The topological polar surface area (TPSA) is 12.0 Å². The van der Waals surface area contributed by atoms with Crippen LogP contribution in [0.3, 0.4) is 0 Å². The molecule has 0 aliphatic carbocycles. The molecule has 0 radical (unpaired) electrons. The molecule has 2 aromatic carbocycles. The molecule has 20 heavy (non-hydrogen) atoms. The maximum absolute atomic E-state index is 6.38. The Morgan fingerprint density at radius 3 is 2.45 bits per heavy atom. The van der Waals surface area contributed by atoms with Crippen LogP contribution in [0.1, 0.15) is 29.7 Å². The van der Waals surface area contributed by atoms with Gasteiger partial charge >= 0.3 is 0 Å². The van der Waals surface area contributed by atoms with Gasteiger partial charge in [0.05, 0.1) is 0 Å². The van der Waals surface area contributed by atoms with Crippen LogP contribution in [0.15, 0.2) is 46.9 Å². The number of hydrogen-bond donors (Lipinski definition) is 1. The molecule has 0 saturated carbocycles. The van der Waals surface area contributed by atoms with Crippen LogP contribution in [-0.4, -0.2) is 6.54 Å². The molecule has 0 spiro atoms. The first kappa shape index (κ1) is 15.6. The predicted octanol–water partition coefficient (Wildman–Crippen LogP) is 5.30. The van der Waals surface area contributed by atoms with Crippen molar-refractivity contribution in [2.24, 2.45) is 0 Å². The van der Waals surface area contributed by atoms with Gasteiger partial charge in [0.1, 0.15) is 0 Å². The number of rotatable bonds is 5.